The fourth-order valence-electron chi connectivity index (χ4n) is 1.64. The fraction of sp³-hybridized carbons (Fsp3) is 0.500. The van der Waals surface area contributed by atoms with Crippen molar-refractivity contribution in [3.63, 3.8) is 0 Å². The summed E-state index contributed by atoms with van der Waals surface area (Å²) >= 11 is 6.07. The zero-order valence-corrected chi connectivity index (χ0v) is 10.4. The van der Waals surface area contributed by atoms with Gasteiger partial charge in [0.2, 0.25) is 0 Å². The number of methoxy groups -OCH3 is 1. The molecule has 0 spiro atoms. The van der Waals surface area contributed by atoms with E-state index in [1.807, 2.05) is 19.1 Å². The van der Waals surface area contributed by atoms with Crippen LogP contribution >= 0.6 is 11.6 Å². The maximum Gasteiger partial charge on any atom is 0.137 e. The SMILES string of the molecule is COc1cc(C(C)C)c(C(C)N)cc1Cl. The zero-order valence-electron chi connectivity index (χ0n) is 9.67. The van der Waals surface area contributed by atoms with Crippen molar-refractivity contribution in [2.45, 2.75) is 32.7 Å². The van der Waals surface area contributed by atoms with Crippen LogP contribution in [-0.2, 0) is 0 Å². The highest BCUT2D eigenvalue weighted by Crippen LogP contribution is 2.33. The number of halogens is 1. The van der Waals surface area contributed by atoms with E-state index in [2.05, 4.69) is 13.8 Å². The van der Waals surface area contributed by atoms with Gasteiger partial charge in [0.05, 0.1) is 12.1 Å². The maximum atomic E-state index is 6.07. The molecular weight excluding hydrogens is 210 g/mol. The molecule has 0 heterocycles. The van der Waals surface area contributed by atoms with Crippen molar-refractivity contribution in [1.29, 1.82) is 0 Å². The van der Waals surface area contributed by atoms with Crippen molar-refractivity contribution in [2.75, 3.05) is 7.11 Å². The van der Waals surface area contributed by atoms with Crippen LogP contribution in [0.15, 0.2) is 12.1 Å². The Bertz CT molecular complexity index is 348. The predicted molar refractivity (Wildman–Crippen MR) is 64.7 cm³/mol. The van der Waals surface area contributed by atoms with E-state index >= 15 is 0 Å². The van der Waals surface area contributed by atoms with Crippen LogP contribution < -0.4 is 10.5 Å². The molecule has 2 N–H and O–H groups in total. The fourth-order valence-corrected chi connectivity index (χ4v) is 1.88. The Labute approximate surface area is 96.4 Å². The first-order valence-corrected chi connectivity index (χ1v) is 5.48. The van der Waals surface area contributed by atoms with E-state index in [0.29, 0.717) is 16.7 Å². The first kappa shape index (κ1) is 12.3. The summed E-state index contributed by atoms with van der Waals surface area (Å²) in [6.07, 6.45) is 0. The van der Waals surface area contributed by atoms with Crippen molar-refractivity contribution < 1.29 is 4.74 Å². The molecule has 0 aliphatic carbocycles. The van der Waals surface area contributed by atoms with Crippen LogP contribution in [0, 0.1) is 0 Å². The van der Waals surface area contributed by atoms with Gasteiger partial charge in [0.25, 0.3) is 0 Å². The topological polar surface area (TPSA) is 35.2 Å². The van der Waals surface area contributed by atoms with Gasteiger partial charge < -0.3 is 10.5 Å². The van der Waals surface area contributed by atoms with Gasteiger partial charge in [-0.1, -0.05) is 25.4 Å². The van der Waals surface area contributed by atoms with Crippen molar-refractivity contribution in [3.05, 3.63) is 28.3 Å². The van der Waals surface area contributed by atoms with Gasteiger partial charge >= 0.3 is 0 Å². The first-order chi connectivity index (χ1) is 6.97. The third-order valence-corrected chi connectivity index (χ3v) is 2.77. The lowest BCUT2D eigenvalue weighted by Crippen LogP contribution is -2.09. The Morgan fingerprint density at radius 3 is 2.20 bits per heavy atom. The minimum atomic E-state index is -0.00851. The molecule has 0 radical (unpaired) electrons. The molecule has 0 aliphatic heterocycles. The third-order valence-electron chi connectivity index (χ3n) is 2.47. The summed E-state index contributed by atoms with van der Waals surface area (Å²) in [5, 5.41) is 0.620. The average molecular weight is 228 g/mol. The molecule has 3 heteroatoms. The van der Waals surface area contributed by atoms with Gasteiger partial charge in [-0.3, -0.25) is 0 Å². The molecule has 1 unspecified atom stereocenters. The zero-order chi connectivity index (χ0) is 11.6. The summed E-state index contributed by atoms with van der Waals surface area (Å²) in [5.74, 6) is 1.13. The highest BCUT2D eigenvalue weighted by Gasteiger charge is 2.14. The van der Waals surface area contributed by atoms with Crippen LogP contribution in [0.5, 0.6) is 5.75 Å². The molecule has 0 fully saturated rings. The Kier molecular flexibility index (Phi) is 4.00. The third kappa shape index (κ3) is 2.64. The minimum Gasteiger partial charge on any atom is -0.495 e. The smallest absolute Gasteiger partial charge is 0.137 e. The highest BCUT2D eigenvalue weighted by molar-refractivity contribution is 6.32. The normalized spacial score (nSPS) is 13.0. The Balaban J connectivity index is 3.32. The summed E-state index contributed by atoms with van der Waals surface area (Å²) < 4.78 is 5.20. The lowest BCUT2D eigenvalue weighted by Gasteiger charge is -2.18. The molecule has 1 atom stereocenters. The molecular formula is C12H18ClNO. The van der Waals surface area contributed by atoms with Gasteiger partial charge in [-0.2, -0.15) is 0 Å². The summed E-state index contributed by atoms with van der Waals surface area (Å²) in [4.78, 5) is 0. The second-order valence-corrected chi connectivity index (χ2v) is 4.47. The Morgan fingerprint density at radius 2 is 1.80 bits per heavy atom. The molecule has 1 aromatic rings. The highest BCUT2D eigenvalue weighted by atomic mass is 35.5. The number of hydrogen-bond donors (Lipinski definition) is 1. The number of ether oxygens (including phenoxy) is 1. The van der Waals surface area contributed by atoms with Gasteiger partial charge in [-0.05, 0) is 36.1 Å². The van der Waals surface area contributed by atoms with Crippen LogP contribution in [0.4, 0.5) is 0 Å². The largest absolute Gasteiger partial charge is 0.495 e. The van der Waals surface area contributed by atoms with E-state index in [0.717, 1.165) is 5.56 Å². The van der Waals surface area contributed by atoms with E-state index in [1.54, 1.807) is 7.11 Å². The quantitative estimate of drug-likeness (QED) is 0.858. The van der Waals surface area contributed by atoms with Crippen molar-refractivity contribution in [2.24, 2.45) is 5.73 Å². The number of benzene rings is 1. The molecule has 0 bridgehead atoms. The molecule has 0 saturated carbocycles. The molecule has 2 nitrogen and oxygen atoms in total. The standard InChI is InChI=1S/C12H18ClNO/c1-7(2)9-6-12(15-4)11(13)5-10(9)8(3)14/h5-8H,14H2,1-4H3. The van der Waals surface area contributed by atoms with Crippen LogP contribution in [0.3, 0.4) is 0 Å². The van der Waals surface area contributed by atoms with Gasteiger partial charge in [0, 0.05) is 6.04 Å². The van der Waals surface area contributed by atoms with Crippen LogP contribution in [-0.4, -0.2) is 7.11 Å². The Morgan fingerprint density at radius 1 is 1.20 bits per heavy atom. The molecule has 0 aliphatic rings. The van der Waals surface area contributed by atoms with Crippen LogP contribution in [0.2, 0.25) is 5.02 Å². The van der Waals surface area contributed by atoms with Crippen molar-refractivity contribution in [1.82, 2.24) is 0 Å². The van der Waals surface area contributed by atoms with Gasteiger partial charge in [-0.25, -0.2) is 0 Å². The van der Waals surface area contributed by atoms with E-state index in [1.165, 1.54) is 5.56 Å². The summed E-state index contributed by atoms with van der Waals surface area (Å²) in [6, 6.07) is 3.87. The van der Waals surface area contributed by atoms with Gasteiger partial charge in [0.1, 0.15) is 5.75 Å². The van der Waals surface area contributed by atoms with Crippen molar-refractivity contribution in [3.8, 4) is 5.75 Å². The molecule has 15 heavy (non-hydrogen) atoms. The molecule has 84 valence electrons. The van der Waals surface area contributed by atoms with E-state index in [4.69, 9.17) is 22.1 Å². The molecule has 0 saturated heterocycles. The predicted octanol–water partition coefficient (Wildman–Crippen LogP) is 3.49. The first-order valence-electron chi connectivity index (χ1n) is 5.10. The van der Waals surface area contributed by atoms with Crippen LogP contribution in [0.25, 0.3) is 0 Å². The second kappa shape index (κ2) is 4.86. The molecule has 1 aromatic carbocycles. The number of nitrogens with two attached hydrogens (primary N) is 1. The minimum absolute atomic E-state index is 0.00851. The maximum absolute atomic E-state index is 6.07. The lowest BCUT2D eigenvalue weighted by atomic mass is 9.93. The molecule has 1 rings (SSSR count). The monoisotopic (exact) mass is 227 g/mol. The molecule has 0 amide bonds. The Hall–Kier alpha value is -0.730. The number of rotatable bonds is 3. The van der Waals surface area contributed by atoms with Gasteiger partial charge in [0.15, 0.2) is 0 Å². The second-order valence-electron chi connectivity index (χ2n) is 4.06. The summed E-state index contributed by atoms with van der Waals surface area (Å²) in [7, 11) is 1.62. The van der Waals surface area contributed by atoms with Crippen LogP contribution in [0.1, 0.15) is 43.9 Å². The lowest BCUT2D eigenvalue weighted by molar-refractivity contribution is 0.414. The van der Waals surface area contributed by atoms with Gasteiger partial charge in [-0.15, -0.1) is 0 Å². The number of hydrogen-bond acceptors (Lipinski definition) is 2. The average Bonchev–Trinajstić information content (AvgIpc) is 2.16. The van der Waals surface area contributed by atoms with E-state index in [-0.39, 0.29) is 6.04 Å². The van der Waals surface area contributed by atoms with E-state index < -0.39 is 0 Å². The van der Waals surface area contributed by atoms with Crippen molar-refractivity contribution >= 4 is 11.6 Å². The summed E-state index contributed by atoms with van der Waals surface area (Å²) in [5.41, 5.74) is 8.21. The molecule has 0 aromatic heterocycles. The summed E-state index contributed by atoms with van der Waals surface area (Å²) in [6.45, 7) is 6.23. The van der Waals surface area contributed by atoms with E-state index in [9.17, 15) is 0 Å².